The molecule has 0 aromatic heterocycles. The third-order valence-corrected chi connectivity index (χ3v) is 4.23. The molecule has 102 valence electrons. The average molecular weight is 265 g/mol. The zero-order valence-corrected chi connectivity index (χ0v) is 13.2. The van der Waals surface area contributed by atoms with Crippen molar-refractivity contribution < 1.29 is 0 Å². The Hall–Kier alpha value is -0.470. The summed E-state index contributed by atoms with van der Waals surface area (Å²) in [6.45, 7) is 12.2. The van der Waals surface area contributed by atoms with Gasteiger partial charge >= 0.3 is 0 Å². The highest BCUT2D eigenvalue weighted by atomic mass is 32.2. The maximum atomic E-state index is 3.68. The van der Waals surface area contributed by atoms with Gasteiger partial charge in [0.1, 0.15) is 0 Å². The van der Waals surface area contributed by atoms with E-state index in [0.717, 1.165) is 12.3 Å². The number of benzene rings is 1. The minimum absolute atomic E-state index is 0.484. The van der Waals surface area contributed by atoms with Gasteiger partial charge in [0.15, 0.2) is 0 Å². The first kappa shape index (κ1) is 15.6. The zero-order chi connectivity index (χ0) is 13.5. The summed E-state index contributed by atoms with van der Waals surface area (Å²) in [7, 11) is 0. The van der Waals surface area contributed by atoms with Crippen LogP contribution < -0.4 is 5.32 Å². The normalized spacial score (nSPS) is 13.0. The summed E-state index contributed by atoms with van der Waals surface area (Å²) >= 11 is 2.04. The van der Waals surface area contributed by atoms with Crippen molar-refractivity contribution in [2.75, 3.05) is 12.3 Å². The lowest BCUT2D eigenvalue weighted by Gasteiger charge is -2.22. The third-order valence-electron chi connectivity index (χ3n) is 3.04. The van der Waals surface area contributed by atoms with Crippen LogP contribution >= 0.6 is 11.8 Å². The lowest BCUT2D eigenvalue weighted by Crippen LogP contribution is -2.25. The Balaban J connectivity index is 2.79. The summed E-state index contributed by atoms with van der Waals surface area (Å²) in [6, 6.07) is 7.29. The van der Waals surface area contributed by atoms with Crippen molar-refractivity contribution in [3.8, 4) is 0 Å². The molecule has 0 amide bonds. The first-order valence-electron chi connectivity index (χ1n) is 6.96. The number of hydrogen-bond acceptors (Lipinski definition) is 2. The van der Waals surface area contributed by atoms with E-state index in [1.165, 1.54) is 23.1 Å². The Labute approximate surface area is 117 Å². The van der Waals surface area contributed by atoms with Crippen molar-refractivity contribution in [3.63, 3.8) is 0 Å². The molecular formula is C16H27NS. The fourth-order valence-electron chi connectivity index (χ4n) is 2.08. The van der Waals surface area contributed by atoms with Gasteiger partial charge in [-0.3, -0.25) is 0 Å². The highest BCUT2D eigenvalue weighted by molar-refractivity contribution is 7.99. The predicted molar refractivity (Wildman–Crippen MR) is 84.5 cm³/mol. The molecule has 0 heterocycles. The number of rotatable bonds is 7. The molecule has 0 bridgehead atoms. The Morgan fingerprint density at radius 3 is 2.50 bits per heavy atom. The van der Waals surface area contributed by atoms with Crippen LogP contribution in [0.5, 0.6) is 0 Å². The highest BCUT2D eigenvalue weighted by Gasteiger charge is 2.13. The molecule has 0 aliphatic rings. The number of nitrogens with one attached hydrogen (secondary N) is 1. The maximum Gasteiger partial charge on any atom is 0.0414 e. The van der Waals surface area contributed by atoms with Crippen molar-refractivity contribution in [1.29, 1.82) is 0 Å². The van der Waals surface area contributed by atoms with E-state index in [9.17, 15) is 0 Å². The molecule has 1 rings (SSSR count). The van der Waals surface area contributed by atoms with Crippen molar-refractivity contribution in [2.24, 2.45) is 0 Å². The number of aryl methyl sites for hydroxylation is 2. The maximum absolute atomic E-state index is 3.68. The third kappa shape index (κ3) is 5.03. The molecule has 1 atom stereocenters. The zero-order valence-electron chi connectivity index (χ0n) is 12.4. The van der Waals surface area contributed by atoms with Gasteiger partial charge in [-0.05, 0) is 43.2 Å². The second-order valence-electron chi connectivity index (χ2n) is 5.25. The fraction of sp³-hybridized carbons (Fsp3) is 0.625. The van der Waals surface area contributed by atoms with Gasteiger partial charge in [-0.1, -0.05) is 44.5 Å². The van der Waals surface area contributed by atoms with Crippen LogP contribution in [0.25, 0.3) is 0 Å². The summed E-state index contributed by atoms with van der Waals surface area (Å²) in [4.78, 5) is 0. The van der Waals surface area contributed by atoms with E-state index < -0.39 is 0 Å². The lowest BCUT2D eigenvalue weighted by molar-refractivity contribution is 0.574. The molecule has 0 aliphatic heterocycles. The second kappa shape index (κ2) is 7.85. The van der Waals surface area contributed by atoms with Crippen LogP contribution in [0.4, 0.5) is 0 Å². The van der Waals surface area contributed by atoms with Crippen molar-refractivity contribution in [1.82, 2.24) is 5.32 Å². The van der Waals surface area contributed by atoms with E-state index in [0.29, 0.717) is 11.3 Å². The van der Waals surface area contributed by atoms with Gasteiger partial charge in [0.25, 0.3) is 0 Å². The number of hydrogen-bond donors (Lipinski definition) is 1. The summed E-state index contributed by atoms with van der Waals surface area (Å²) in [6.07, 6.45) is 1.19. The highest BCUT2D eigenvalue weighted by Crippen LogP contribution is 2.24. The van der Waals surface area contributed by atoms with Crippen LogP contribution in [-0.2, 0) is 0 Å². The van der Waals surface area contributed by atoms with E-state index in [1.807, 2.05) is 11.8 Å². The van der Waals surface area contributed by atoms with E-state index in [2.05, 4.69) is 58.1 Å². The minimum Gasteiger partial charge on any atom is -0.309 e. The van der Waals surface area contributed by atoms with E-state index in [4.69, 9.17) is 0 Å². The molecular weight excluding hydrogens is 238 g/mol. The molecule has 0 fully saturated rings. The van der Waals surface area contributed by atoms with Crippen LogP contribution in [0.1, 0.15) is 49.9 Å². The van der Waals surface area contributed by atoms with Gasteiger partial charge in [-0.2, -0.15) is 11.8 Å². The summed E-state index contributed by atoms with van der Waals surface area (Å²) in [5.41, 5.74) is 4.22. The topological polar surface area (TPSA) is 12.0 Å². The molecule has 1 nitrogen and oxygen atoms in total. The molecule has 1 N–H and O–H groups in total. The standard InChI is InChI=1S/C16H27NS/c1-6-9-17-16(11-18-12(2)3)15-8-7-13(4)10-14(15)5/h7-8,10,12,16-17H,6,9,11H2,1-5H3. The van der Waals surface area contributed by atoms with Gasteiger partial charge < -0.3 is 5.32 Å². The van der Waals surface area contributed by atoms with E-state index in [-0.39, 0.29) is 0 Å². The van der Waals surface area contributed by atoms with Crippen LogP contribution in [0, 0.1) is 13.8 Å². The molecule has 0 saturated carbocycles. The molecule has 2 heteroatoms. The van der Waals surface area contributed by atoms with E-state index >= 15 is 0 Å². The van der Waals surface area contributed by atoms with Gasteiger partial charge in [0.05, 0.1) is 0 Å². The predicted octanol–water partition coefficient (Wildman–Crippen LogP) is 4.49. The Morgan fingerprint density at radius 1 is 1.22 bits per heavy atom. The Kier molecular flexibility index (Phi) is 6.80. The Bertz CT molecular complexity index is 360. The summed E-state index contributed by atoms with van der Waals surface area (Å²) < 4.78 is 0. The first-order chi connectivity index (χ1) is 8.54. The van der Waals surface area contributed by atoms with Crippen LogP contribution in [-0.4, -0.2) is 17.5 Å². The molecule has 1 unspecified atom stereocenters. The monoisotopic (exact) mass is 265 g/mol. The SMILES string of the molecule is CCCNC(CSC(C)C)c1ccc(C)cc1C. The summed E-state index contributed by atoms with van der Waals surface area (Å²) in [5, 5.41) is 4.38. The van der Waals surface area contributed by atoms with Crippen molar-refractivity contribution in [3.05, 3.63) is 34.9 Å². The fourth-order valence-corrected chi connectivity index (χ4v) is 2.96. The molecule has 0 aliphatic carbocycles. The van der Waals surface area contributed by atoms with E-state index in [1.54, 1.807) is 0 Å². The van der Waals surface area contributed by atoms with Gasteiger partial charge in [-0.25, -0.2) is 0 Å². The second-order valence-corrected chi connectivity index (χ2v) is 6.86. The van der Waals surface area contributed by atoms with Crippen LogP contribution in [0.2, 0.25) is 0 Å². The average Bonchev–Trinajstić information content (AvgIpc) is 2.30. The molecule has 18 heavy (non-hydrogen) atoms. The van der Waals surface area contributed by atoms with Gasteiger partial charge in [0.2, 0.25) is 0 Å². The van der Waals surface area contributed by atoms with Crippen molar-refractivity contribution in [2.45, 2.75) is 52.3 Å². The van der Waals surface area contributed by atoms with Crippen molar-refractivity contribution >= 4 is 11.8 Å². The van der Waals surface area contributed by atoms with Gasteiger partial charge in [0, 0.05) is 11.8 Å². The lowest BCUT2D eigenvalue weighted by atomic mass is 10.00. The Morgan fingerprint density at radius 2 is 1.94 bits per heavy atom. The largest absolute Gasteiger partial charge is 0.309 e. The molecule has 1 aromatic rings. The smallest absolute Gasteiger partial charge is 0.0414 e. The number of thioether (sulfide) groups is 1. The molecule has 0 radical (unpaired) electrons. The van der Waals surface area contributed by atoms with Crippen LogP contribution in [0.15, 0.2) is 18.2 Å². The van der Waals surface area contributed by atoms with Gasteiger partial charge in [-0.15, -0.1) is 0 Å². The summed E-state index contributed by atoms with van der Waals surface area (Å²) in [5.74, 6) is 1.15. The molecule has 0 spiro atoms. The van der Waals surface area contributed by atoms with Crippen LogP contribution in [0.3, 0.4) is 0 Å². The molecule has 1 aromatic carbocycles. The quantitative estimate of drug-likeness (QED) is 0.780. The molecule has 0 saturated heterocycles. The first-order valence-corrected chi connectivity index (χ1v) is 8.01. The minimum atomic E-state index is 0.484.